The highest BCUT2D eigenvalue weighted by Gasteiger charge is 2.25. The van der Waals surface area contributed by atoms with Gasteiger partial charge in [0.15, 0.2) is 0 Å². The number of nitrogens with two attached hydrogens (primary N) is 1. The number of rotatable bonds is 3. The molecule has 1 unspecified atom stereocenters. The quantitative estimate of drug-likeness (QED) is 0.510. The SMILES string of the molecule is C[C@H](N)C(=O)N[C@@H](C)[P+](=O)O. The van der Waals surface area contributed by atoms with Gasteiger partial charge in [-0.15, -0.1) is 0 Å². The lowest BCUT2D eigenvalue weighted by atomic mass is 10.3. The van der Waals surface area contributed by atoms with E-state index in [1.54, 1.807) is 0 Å². The molecule has 0 saturated heterocycles. The summed E-state index contributed by atoms with van der Waals surface area (Å²) >= 11 is 0. The van der Waals surface area contributed by atoms with E-state index in [1.165, 1.54) is 13.8 Å². The molecule has 1 amide bonds. The molecule has 0 saturated carbocycles. The average Bonchev–Trinajstić information content (AvgIpc) is 1.87. The van der Waals surface area contributed by atoms with Crippen molar-refractivity contribution in [2.75, 3.05) is 0 Å². The van der Waals surface area contributed by atoms with E-state index in [4.69, 9.17) is 10.6 Å². The van der Waals surface area contributed by atoms with Crippen LogP contribution < -0.4 is 11.1 Å². The predicted octanol–water partition coefficient (Wildman–Crippen LogP) is -0.469. The number of nitrogens with one attached hydrogen (secondary N) is 1. The summed E-state index contributed by atoms with van der Waals surface area (Å²) in [7, 11) is -2.36. The van der Waals surface area contributed by atoms with E-state index in [-0.39, 0.29) is 0 Å². The van der Waals surface area contributed by atoms with E-state index in [0.717, 1.165) is 0 Å². The van der Waals surface area contributed by atoms with Crippen LogP contribution >= 0.6 is 8.03 Å². The first-order valence-electron chi connectivity index (χ1n) is 3.16. The fraction of sp³-hybridized carbons (Fsp3) is 0.800. The van der Waals surface area contributed by atoms with Crippen LogP contribution in [0.1, 0.15) is 13.8 Å². The first kappa shape index (κ1) is 10.5. The Morgan fingerprint density at radius 2 is 2.09 bits per heavy atom. The van der Waals surface area contributed by atoms with Gasteiger partial charge in [0, 0.05) is 6.92 Å². The van der Waals surface area contributed by atoms with Gasteiger partial charge in [-0.05, 0) is 11.5 Å². The largest absolute Gasteiger partial charge is 0.530 e. The monoisotopic (exact) mass is 179 g/mol. The summed E-state index contributed by atoms with van der Waals surface area (Å²) in [6, 6.07) is -0.646. The number of hydrogen-bond acceptors (Lipinski definition) is 3. The van der Waals surface area contributed by atoms with Crippen LogP contribution in [0.3, 0.4) is 0 Å². The summed E-state index contributed by atoms with van der Waals surface area (Å²) in [5.41, 5.74) is 5.20. The summed E-state index contributed by atoms with van der Waals surface area (Å²) in [4.78, 5) is 19.3. The van der Waals surface area contributed by atoms with E-state index in [9.17, 15) is 9.36 Å². The highest BCUT2D eigenvalue weighted by atomic mass is 31.1. The van der Waals surface area contributed by atoms with Crippen LogP contribution in [0.15, 0.2) is 0 Å². The van der Waals surface area contributed by atoms with Gasteiger partial charge in [-0.3, -0.25) is 4.79 Å². The molecule has 0 heterocycles. The molecule has 0 rings (SSSR count). The van der Waals surface area contributed by atoms with Crippen molar-refractivity contribution >= 4 is 13.9 Å². The van der Waals surface area contributed by atoms with Gasteiger partial charge in [-0.2, -0.15) is 4.89 Å². The number of carbonyl (C=O) groups excluding carboxylic acids is 1. The van der Waals surface area contributed by atoms with Crippen molar-refractivity contribution in [2.45, 2.75) is 25.7 Å². The van der Waals surface area contributed by atoms with Crippen LogP contribution in [0.5, 0.6) is 0 Å². The molecule has 0 aliphatic rings. The molecule has 3 atom stereocenters. The smallest absolute Gasteiger partial charge is 0.320 e. The topological polar surface area (TPSA) is 92.4 Å². The van der Waals surface area contributed by atoms with E-state index in [0.29, 0.717) is 0 Å². The molecule has 0 aliphatic heterocycles. The molecule has 0 aromatic carbocycles. The molecule has 4 N–H and O–H groups in total. The van der Waals surface area contributed by atoms with Gasteiger partial charge in [-0.1, -0.05) is 0 Å². The van der Waals surface area contributed by atoms with Crippen LogP contribution in [0.4, 0.5) is 0 Å². The Morgan fingerprint density at radius 1 is 1.64 bits per heavy atom. The minimum absolute atomic E-state index is 0.421. The van der Waals surface area contributed by atoms with Gasteiger partial charge in [-0.25, -0.2) is 0 Å². The molecule has 0 radical (unpaired) electrons. The number of hydrogen-bond donors (Lipinski definition) is 3. The molecule has 0 spiro atoms. The van der Waals surface area contributed by atoms with E-state index >= 15 is 0 Å². The second kappa shape index (κ2) is 4.38. The Balaban J connectivity index is 3.85. The van der Waals surface area contributed by atoms with Gasteiger partial charge >= 0.3 is 8.03 Å². The summed E-state index contributed by atoms with van der Waals surface area (Å²) in [6.45, 7) is 2.95. The minimum Gasteiger partial charge on any atom is -0.320 e. The van der Waals surface area contributed by atoms with Crippen molar-refractivity contribution < 1.29 is 14.3 Å². The van der Waals surface area contributed by atoms with Gasteiger partial charge in [0.1, 0.15) is 0 Å². The van der Waals surface area contributed by atoms with Gasteiger partial charge < -0.3 is 11.1 Å². The highest BCUT2D eigenvalue weighted by Crippen LogP contribution is 2.18. The Kier molecular flexibility index (Phi) is 4.18. The normalized spacial score (nSPS) is 16.9. The lowest BCUT2D eigenvalue weighted by Crippen LogP contribution is -2.41. The zero-order valence-electron chi connectivity index (χ0n) is 6.44. The first-order chi connectivity index (χ1) is 4.95. The van der Waals surface area contributed by atoms with E-state index in [1.807, 2.05) is 0 Å². The highest BCUT2D eigenvalue weighted by molar-refractivity contribution is 7.38. The third-order valence-corrected chi connectivity index (χ3v) is 1.89. The maximum Gasteiger partial charge on any atom is 0.530 e. The van der Waals surface area contributed by atoms with Gasteiger partial charge in [0.05, 0.1) is 6.04 Å². The van der Waals surface area contributed by atoms with Crippen molar-refractivity contribution in [1.82, 2.24) is 5.32 Å². The van der Waals surface area contributed by atoms with Crippen molar-refractivity contribution in [3.63, 3.8) is 0 Å². The molecule has 0 aromatic heterocycles. The fourth-order valence-corrected chi connectivity index (χ4v) is 0.630. The summed E-state index contributed by atoms with van der Waals surface area (Å²) in [6.07, 6.45) is 0. The fourth-order valence-electron chi connectivity index (χ4n) is 0.393. The Bertz CT molecular complexity index is 171. The standard InChI is InChI=1S/C5H11N2O3P/c1-3(6)5(8)7-4(2)11(9)10/h3-4H,6H2,1-2H3,(H-,7,8,9,10)/p+1/t3-,4+/m0/s1. The predicted molar refractivity (Wildman–Crippen MR) is 41.1 cm³/mol. The molecular formula is C5H12N2O3P+. The molecule has 6 heteroatoms. The van der Waals surface area contributed by atoms with E-state index < -0.39 is 25.8 Å². The third-order valence-electron chi connectivity index (χ3n) is 1.10. The summed E-state index contributed by atoms with van der Waals surface area (Å²) < 4.78 is 10.3. The average molecular weight is 179 g/mol. The molecule has 0 bridgehead atoms. The van der Waals surface area contributed by atoms with Crippen LogP contribution in [0.25, 0.3) is 0 Å². The minimum atomic E-state index is -2.36. The van der Waals surface area contributed by atoms with Gasteiger partial charge in [0.25, 0.3) is 5.78 Å². The second-order valence-corrected chi connectivity index (χ2v) is 3.66. The van der Waals surface area contributed by atoms with Crippen molar-refractivity contribution in [3.05, 3.63) is 0 Å². The molecule has 5 nitrogen and oxygen atoms in total. The lowest BCUT2D eigenvalue weighted by molar-refractivity contribution is -0.122. The van der Waals surface area contributed by atoms with Crippen LogP contribution in [-0.2, 0) is 9.36 Å². The molecule has 0 fully saturated rings. The van der Waals surface area contributed by atoms with Gasteiger partial charge in [0.2, 0.25) is 5.91 Å². The maximum atomic E-state index is 10.8. The first-order valence-corrected chi connectivity index (χ1v) is 4.44. The van der Waals surface area contributed by atoms with Crippen LogP contribution in [0, 0.1) is 0 Å². The summed E-state index contributed by atoms with van der Waals surface area (Å²) in [5.74, 6) is -1.15. The van der Waals surface area contributed by atoms with Crippen LogP contribution in [-0.4, -0.2) is 22.6 Å². The molecular weight excluding hydrogens is 167 g/mol. The van der Waals surface area contributed by atoms with E-state index in [2.05, 4.69) is 5.32 Å². The Morgan fingerprint density at radius 3 is 2.36 bits per heavy atom. The third kappa shape index (κ3) is 4.03. The Labute approximate surface area is 65.8 Å². The van der Waals surface area contributed by atoms with Crippen molar-refractivity contribution in [1.29, 1.82) is 0 Å². The number of carbonyl (C=O) groups is 1. The maximum absolute atomic E-state index is 10.8. The molecule has 64 valence electrons. The second-order valence-electron chi connectivity index (χ2n) is 2.28. The lowest BCUT2D eigenvalue weighted by Gasteiger charge is -2.05. The summed E-state index contributed by atoms with van der Waals surface area (Å²) in [5, 5.41) is 2.28. The molecule has 11 heavy (non-hydrogen) atoms. The number of amides is 1. The Hall–Kier alpha value is -0.510. The molecule has 0 aromatic rings. The van der Waals surface area contributed by atoms with Crippen molar-refractivity contribution in [2.24, 2.45) is 5.73 Å². The van der Waals surface area contributed by atoms with Crippen LogP contribution in [0.2, 0.25) is 0 Å². The zero-order chi connectivity index (χ0) is 9.02. The zero-order valence-corrected chi connectivity index (χ0v) is 7.34. The molecule has 0 aliphatic carbocycles. The van der Waals surface area contributed by atoms with Crippen molar-refractivity contribution in [3.8, 4) is 0 Å².